The number of allylic oxidation sites excluding steroid dienone is 1. The minimum Gasteiger partial charge on any atom is -0.368 e. The summed E-state index contributed by atoms with van der Waals surface area (Å²) in [5.74, 6) is 0.571. The predicted molar refractivity (Wildman–Crippen MR) is 98.6 cm³/mol. The molecule has 0 saturated heterocycles. The molecular formula is C19H16N6. The van der Waals surface area contributed by atoms with E-state index in [-0.39, 0.29) is 11.8 Å². The van der Waals surface area contributed by atoms with E-state index in [0.29, 0.717) is 11.5 Å². The lowest BCUT2D eigenvalue weighted by Gasteiger charge is -2.07. The summed E-state index contributed by atoms with van der Waals surface area (Å²) < 4.78 is 0. The third-order valence-electron chi connectivity index (χ3n) is 3.43. The fourth-order valence-corrected chi connectivity index (χ4v) is 2.20. The number of nitrogen functional groups attached to an aromatic ring is 1. The van der Waals surface area contributed by atoms with Crippen molar-refractivity contribution >= 4 is 29.2 Å². The lowest BCUT2D eigenvalue weighted by Crippen LogP contribution is -2.06. The van der Waals surface area contributed by atoms with Crippen molar-refractivity contribution in [3.8, 4) is 6.07 Å². The van der Waals surface area contributed by atoms with Crippen LogP contribution in [0.25, 0.3) is 11.6 Å². The lowest BCUT2D eigenvalue weighted by molar-refractivity contribution is 1.04. The molecule has 3 N–H and O–H groups in total. The average molecular weight is 328 g/mol. The number of nitrogens with two attached hydrogens (primary N) is 1. The Morgan fingerprint density at radius 2 is 1.76 bits per heavy atom. The van der Waals surface area contributed by atoms with Gasteiger partial charge in [0.2, 0.25) is 11.9 Å². The molecule has 0 aliphatic carbocycles. The Bertz CT molecular complexity index is 940. The molecule has 1 heterocycles. The Labute approximate surface area is 145 Å². The number of nitrogens with zero attached hydrogens (tertiary/aromatic N) is 4. The molecular weight excluding hydrogens is 312 g/mol. The summed E-state index contributed by atoms with van der Waals surface area (Å²) >= 11 is 0. The van der Waals surface area contributed by atoms with Crippen LogP contribution in [0.5, 0.6) is 0 Å². The molecule has 3 aromatic rings. The van der Waals surface area contributed by atoms with Crippen LogP contribution in [0.15, 0.2) is 54.6 Å². The van der Waals surface area contributed by atoms with E-state index >= 15 is 0 Å². The number of hydrogen-bond acceptors (Lipinski definition) is 6. The Morgan fingerprint density at radius 1 is 1.04 bits per heavy atom. The average Bonchev–Trinajstić information content (AvgIpc) is 2.61. The highest BCUT2D eigenvalue weighted by molar-refractivity contribution is 5.87. The molecule has 0 amide bonds. The molecule has 0 aliphatic rings. The van der Waals surface area contributed by atoms with Gasteiger partial charge in [-0.2, -0.15) is 20.2 Å². The van der Waals surface area contributed by atoms with Gasteiger partial charge in [0.15, 0.2) is 5.82 Å². The van der Waals surface area contributed by atoms with Crippen LogP contribution in [0.4, 0.5) is 17.6 Å². The summed E-state index contributed by atoms with van der Waals surface area (Å²) in [5.41, 5.74) is 8.95. The molecule has 0 spiro atoms. The summed E-state index contributed by atoms with van der Waals surface area (Å²) in [6, 6.07) is 19.4. The molecule has 122 valence electrons. The number of aromatic nitrogens is 3. The van der Waals surface area contributed by atoms with Crippen LogP contribution in [0.3, 0.4) is 0 Å². The van der Waals surface area contributed by atoms with Crippen molar-refractivity contribution in [1.29, 1.82) is 5.26 Å². The van der Waals surface area contributed by atoms with Gasteiger partial charge >= 0.3 is 0 Å². The summed E-state index contributed by atoms with van der Waals surface area (Å²) in [5, 5.41) is 12.5. The first-order valence-electron chi connectivity index (χ1n) is 7.66. The van der Waals surface area contributed by atoms with Crippen molar-refractivity contribution in [1.82, 2.24) is 15.0 Å². The zero-order chi connectivity index (χ0) is 17.6. The molecule has 0 bridgehead atoms. The smallest absolute Gasteiger partial charge is 0.232 e. The molecule has 0 saturated carbocycles. The fraction of sp³-hybridized carbons (Fsp3) is 0.0526. The van der Waals surface area contributed by atoms with Gasteiger partial charge < -0.3 is 11.1 Å². The van der Waals surface area contributed by atoms with Crippen molar-refractivity contribution < 1.29 is 0 Å². The quantitative estimate of drug-likeness (QED) is 0.710. The number of hydrogen-bond donors (Lipinski definition) is 2. The molecule has 1 aromatic heterocycles. The van der Waals surface area contributed by atoms with E-state index in [1.807, 2.05) is 61.5 Å². The number of nitriles is 1. The van der Waals surface area contributed by atoms with Gasteiger partial charge in [-0.05, 0) is 30.7 Å². The first-order chi connectivity index (χ1) is 12.1. The van der Waals surface area contributed by atoms with Crippen molar-refractivity contribution in [2.24, 2.45) is 0 Å². The minimum atomic E-state index is 0.0495. The zero-order valence-electron chi connectivity index (χ0n) is 13.6. The van der Waals surface area contributed by atoms with E-state index in [1.165, 1.54) is 0 Å². The largest absolute Gasteiger partial charge is 0.368 e. The second kappa shape index (κ2) is 7.23. The third-order valence-corrected chi connectivity index (χ3v) is 3.43. The highest BCUT2D eigenvalue weighted by atomic mass is 15.2. The fourth-order valence-electron chi connectivity index (χ4n) is 2.20. The molecule has 0 fully saturated rings. The number of rotatable bonds is 4. The van der Waals surface area contributed by atoms with Gasteiger partial charge in [0.05, 0.1) is 5.57 Å². The van der Waals surface area contributed by atoms with Gasteiger partial charge in [0.1, 0.15) is 6.07 Å². The van der Waals surface area contributed by atoms with E-state index in [0.717, 1.165) is 16.8 Å². The van der Waals surface area contributed by atoms with Crippen molar-refractivity contribution in [3.05, 3.63) is 71.5 Å². The first-order valence-corrected chi connectivity index (χ1v) is 7.66. The van der Waals surface area contributed by atoms with Gasteiger partial charge in [0.25, 0.3) is 0 Å². The molecule has 25 heavy (non-hydrogen) atoms. The number of nitrogens with one attached hydrogen (secondary N) is 1. The molecule has 2 aromatic carbocycles. The van der Waals surface area contributed by atoms with Crippen LogP contribution in [0.2, 0.25) is 0 Å². The monoisotopic (exact) mass is 328 g/mol. The number of benzene rings is 2. The van der Waals surface area contributed by atoms with Crippen LogP contribution < -0.4 is 11.1 Å². The summed E-state index contributed by atoms with van der Waals surface area (Å²) in [4.78, 5) is 12.5. The Balaban J connectivity index is 1.95. The van der Waals surface area contributed by atoms with E-state index in [9.17, 15) is 5.26 Å². The van der Waals surface area contributed by atoms with E-state index in [2.05, 4.69) is 26.3 Å². The highest BCUT2D eigenvalue weighted by Gasteiger charge is 2.10. The van der Waals surface area contributed by atoms with E-state index in [4.69, 9.17) is 5.73 Å². The van der Waals surface area contributed by atoms with Crippen LogP contribution in [0, 0.1) is 18.3 Å². The maximum Gasteiger partial charge on any atom is 0.232 e. The van der Waals surface area contributed by atoms with Crippen molar-refractivity contribution in [2.75, 3.05) is 11.1 Å². The number of aryl methyl sites for hydroxylation is 1. The van der Waals surface area contributed by atoms with Gasteiger partial charge in [-0.25, -0.2) is 0 Å². The maximum atomic E-state index is 9.49. The standard InChI is InChI=1S/C19H16N6/c1-13-7-9-14(10-8-13)11-15(12-20)17-23-18(21)25-19(24-17)22-16-5-3-2-4-6-16/h2-11H,1H3,(H3,21,22,23,24,25)/b15-11+. The second-order valence-electron chi connectivity index (χ2n) is 5.41. The van der Waals surface area contributed by atoms with Crippen LogP contribution in [0.1, 0.15) is 17.0 Å². The molecule has 6 heteroatoms. The van der Waals surface area contributed by atoms with Crippen molar-refractivity contribution in [3.63, 3.8) is 0 Å². The number of anilines is 3. The summed E-state index contributed by atoms with van der Waals surface area (Å²) in [7, 11) is 0. The van der Waals surface area contributed by atoms with Crippen molar-refractivity contribution in [2.45, 2.75) is 6.92 Å². The topological polar surface area (TPSA) is 101 Å². The molecule has 0 unspecified atom stereocenters. The minimum absolute atomic E-state index is 0.0495. The third kappa shape index (κ3) is 4.18. The molecule has 0 aliphatic heterocycles. The lowest BCUT2D eigenvalue weighted by atomic mass is 10.1. The maximum absolute atomic E-state index is 9.49. The van der Waals surface area contributed by atoms with Crippen LogP contribution >= 0.6 is 0 Å². The molecule has 3 rings (SSSR count). The normalized spacial score (nSPS) is 11.0. The van der Waals surface area contributed by atoms with Gasteiger partial charge in [-0.1, -0.05) is 48.0 Å². The Morgan fingerprint density at radius 3 is 2.44 bits per heavy atom. The molecule has 0 radical (unpaired) electrons. The van der Waals surface area contributed by atoms with Crippen LogP contribution in [-0.2, 0) is 0 Å². The zero-order valence-corrected chi connectivity index (χ0v) is 13.6. The number of para-hydroxylation sites is 1. The second-order valence-corrected chi connectivity index (χ2v) is 5.41. The van der Waals surface area contributed by atoms with E-state index < -0.39 is 0 Å². The SMILES string of the molecule is Cc1ccc(/C=C(\C#N)c2nc(N)nc(Nc3ccccc3)n2)cc1. The summed E-state index contributed by atoms with van der Waals surface area (Å²) in [6.45, 7) is 2.01. The van der Waals surface area contributed by atoms with Gasteiger partial charge in [-0.3, -0.25) is 0 Å². The Kier molecular flexibility index (Phi) is 4.67. The Hall–Kier alpha value is -3.72. The van der Waals surface area contributed by atoms with E-state index in [1.54, 1.807) is 6.08 Å². The summed E-state index contributed by atoms with van der Waals surface area (Å²) in [6.07, 6.45) is 1.72. The molecule has 6 nitrogen and oxygen atoms in total. The molecule has 0 atom stereocenters. The van der Waals surface area contributed by atoms with Gasteiger partial charge in [0, 0.05) is 5.69 Å². The first kappa shape index (κ1) is 16.1. The van der Waals surface area contributed by atoms with Gasteiger partial charge in [-0.15, -0.1) is 0 Å². The predicted octanol–water partition coefficient (Wildman–Crippen LogP) is 3.57. The van der Waals surface area contributed by atoms with Crippen LogP contribution in [-0.4, -0.2) is 15.0 Å². The highest BCUT2D eigenvalue weighted by Crippen LogP contribution is 2.18.